The SMILES string of the molecule is COC(=O)N[C@H](C(=O)Nc1ccccc1CC[C@H]1CN[C@@H]2CCC(C)(C)S(=O)(=O)N1C2)[C@@H](c1ccc(F)cc1)C1C[C@@H](C)O[C@@H](C)C1. The van der Waals surface area contributed by atoms with Crippen LogP contribution in [0.2, 0.25) is 0 Å². The second kappa shape index (κ2) is 14.6. The number of aryl methyl sites for hydroxylation is 1. The van der Waals surface area contributed by atoms with Gasteiger partial charge in [0.2, 0.25) is 15.9 Å². The molecule has 47 heavy (non-hydrogen) atoms. The van der Waals surface area contributed by atoms with Crippen LogP contribution < -0.4 is 16.0 Å². The first kappa shape index (κ1) is 35.3. The summed E-state index contributed by atoms with van der Waals surface area (Å²) in [5.41, 5.74) is 2.17. The highest BCUT2D eigenvalue weighted by Crippen LogP contribution is 2.40. The van der Waals surface area contributed by atoms with Crippen molar-refractivity contribution in [2.24, 2.45) is 5.92 Å². The number of fused-ring (bicyclic) bond motifs is 2. The van der Waals surface area contributed by atoms with Crippen LogP contribution >= 0.6 is 0 Å². The van der Waals surface area contributed by atoms with E-state index in [1.165, 1.54) is 19.2 Å². The van der Waals surface area contributed by atoms with E-state index in [0.29, 0.717) is 50.9 Å². The Morgan fingerprint density at radius 1 is 1.11 bits per heavy atom. The standard InChI is InChI=1S/C35H49FN4O6S/c1-22-18-26(19-23(2)46-22)31(25-10-13-27(36)14-11-25)32(39-34(42)45-5)33(41)38-30-9-7-6-8-24(30)12-15-29-20-37-28-16-17-35(3,4)47(43,44)40(29)21-28/h6-11,13-14,22-23,26,28-29,31-32,37H,12,15-21H2,1-5H3,(H,38,41)(H,39,42)/t22-,23+,26?,28-,29+,31+,32+/m1/s1. The van der Waals surface area contributed by atoms with Crippen LogP contribution in [-0.2, 0) is 30.7 Å². The summed E-state index contributed by atoms with van der Waals surface area (Å²) < 4.78 is 53.1. The van der Waals surface area contributed by atoms with E-state index in [0.717, 1.165) is 17.5 Å². The van der Waals surface area contributed by atoms with E-state index < -0.39 is 44.5 Å². The van der Waals surface area contributed by atoms with Crippen molar-refractivity contribution in [2.75, 3.05) is 25.5 Å². The van der Waals surface area contributed by atoms with Gasteiger partial charge in [-0.1, -0.05) is 30.3 Å². The van der Waals surface area contributed by atoms with Crippen LogP contribution in [-0.4, -0.2) is 80.0 Å². The van der Waals surface area contributed by atoms with Crippen molar-refractivity contribution in [1.82, 2.24) is 14.9 Å². The summed E-state index contributed by atoms with van der Waals surface area (Å²) in [6.07, 6.45) is 2.97. The Morgan fingerprint density at radius 3 is 2.47 bits per heavy atom. The van der Waals surface area contributed by atoms with Crippen LogP contribution in [0.15, 0.2) is 48.5 Å². The summed E-state index contributed by atoms with van der Waals surface area (Å²) in [4.78, 5) is 26.9. The van der Waals surface area contributed by atoms with Crippen LogP contribution in [0.5, 0.6) is 0 Å². The number of amides is 2. The molecule has 2 unspecified atom stereocenters. The lowest BCUT2D eigenvalue weighted by Gasteiger charge is -2.40. The number of halogens is 1. The minimum absolute atomic E-state index is 0.0511. The quantitative estimate of drug-likeness (QED) is 0.344. The fourth-order valence-corrected chi connectivity index (χ4v) is 9.57. The number of nitrogens with one attached hydrogen (secondary N) is 3. The van der Waals surface area contributed by atoms with E-state index >= 15 is 0 Å². The van der Waals surface area contributed by atoms with Gasteiger partial charge in [0.15, 0.2) is 0 Å². The average Bonchev–Trinajstić information content (AvgIpc) is 3.09. The number of carbonyl (C=O) groups is 2. The molecule has 0 radical (unpaired) electrons. The Bertz CT molecular complexity index is 1510. The first-order chi connectivity index (χ1) is 22.3. The van der Waals surface area contributed by atoms with Gasteiger partial charge in [-0.3, -0.25) is 4.79 Å². The molecule has 3 fully saturated rings. The number of nitrogens with zero attached hydrogens (tertiary/aromatic N) is 1. The van der Waals surface area contributed by atoms with Gasteiger partial charge >= 0.3 is 6.09 Å². The molecule has 2 amide bonds. The molecule has 3 aliphatic heterocycles. The Kier molecular flexibility index (Phi) is 10.9. The molecule has 2 aromatic rings. The molecule has 3 N–H and O–H groups in total. The van der Waals surface area contributed by atoms with Gasteiger partial charge < -0.3 is 25.4 Å². The number of sulfonamides is 1. The fraction of sp³-hybridized carbons (Fsp3) is 0.600. The molecule has 3 saturated heterocycles. The van der Waals surface area contributed by atoms with Crippen molar-refractivity contribution in [3.8, 4) is 0 Å². The number of benzene rings is 2. The lowest BCUT2D eigenvalue weighted by atomic mass is 9.74. The Labute approximate surface area is 278 Å². The molecule has 258 valence electrons. The predicted molar refractivity (Wildman–Crippen MR) is 179 cm³/mol. The van der Waals surface area contributed by atoms with Crippen molar-refractivity contribution < 1.29 is 31.9 Å². The fourth-order valence-electron chi connectivity index (χ4n) is 7.61. The lowest BCUT2D eigenvalue weighted by Crippen LogP contribution is -2.58. The highest BCUT2D eigenvalue weighted by molar-refractivity contribution is 7.90. The first-order valence-electron chi connectivity index (χ1n) is 16.7. The Morgan fingerprint density at radius 2 is 1.79 bits per heavy atom. The minimum atomic E-state index is -3.50. The van der Waals surface area contributed by atoms with Crippen molar-refractivity contribution >= 4 is 27.7 Å². The molecular weight excluding hydrogens is 623 g/mol. The van der Waals surface area contributed by atoms with E-state index in [4.69, 9.17) is 9.47 Å². The van der Waals surface area contributed by atoms with Gasteiger partial charge in [0.1, 0.15) is 11.9 Å². The molecule has 12 heteroatoms. The van der Waals surface area contributed by atoms with Crippen LogP contribution in [0.25, 0.3) is 0 Å². The van der Waals surface area contributed by atoms with Crippen LogP contribution in [0.1, 0.15) is 76.8 Å². The molecule has 0 aliphatic carbocycles. The van der Waals surface area contributed by atoms with Gasteiger partial charge in [-0.25, -0.2) is 17.6 Å². The number of hydrogen-bond acceptors (Lipinski definition) is 7. The van der Waals surface area contributed by atoms with Crippen LogP contribution in [0, 0.1) is 11.7 Å². The van der Waals surface area contributed by atoms with Crippen molar-refractivity contribution in [1.29, 1.82) is 0 Å². The third kappa shape index (κ3) is 7.98. The highest BCUT2D eigenvalue weighted by Gasteiger charge is 2.47. The van der Waals surface area contributed by atoms with Gasteiger partial charge in [-0.05, 0) is 101 Å². The zero-order chi connectivity index (χ0) is 33.9. The third-order valence-corrected chi connectivity index (χ3v) is 12.8. The van der Waals surface area contributed by atoms with Crippen molar-refractivity contribution in [3.05, 3.63) is 65.5 Å². The van der Waals surface area contributed by atoms with Gasteiger partial charge in [0.05, 0.1) is 24.1 Å². The van der Waals surface area contributed by atoms with E-state index in [1.54, 1.807) is 16.4 Å². The number of rotatable bonds is 9. The summed E-state index contributed by atoms with van der Waals surface area (Å²) >= 11 is 0. The molecule has 2 bridgehead atoms. The van der Waals surface area contributed by atoms with Crippen LogP contribution in [0.3, 0.4) is 0 Å². The zero-order valence-corrected chi connectivity index (χ0v) is 28.8. The second-order valence-electron chi connectivity index (χ2n) is 14.0. The first-order valence-corrected chi connectivity index (χ1v) is 18.1. The number of para-hydroxylation sites is 1. The van der Waals surface area contributed by atoms with E-state index in [9.17, 15) is 22.4 Å². The topological polar surface area (TPSA) is 126 Å². The van der Waals surface area contributed by atoms with E-state index in [-0.39, 0.29) is 30.2 Å². The maximum Gasteiger partial charge on any atom is 0.407 e. The van der Waals surface area contributed by atoms with Crippen molar-refractivity contribution in [3.63, 3.8) is 0 Å². The Hall–Kier alpha value is -3.06. The van der Waals surface area contributed by atoms with Crippen LogP contribution in [0.4, 0.5) is 14.9 Å². The summed E-state index contributed by atoms with van der Waals surface area (Å²) in [6.45, 7) is 8.63. The maximum absolute atomic E-state index is 14.3. The normalized spacial score (nSPS) is 29.5. The summed E-state index contributed by atoms with van der Waals surface area (Å²) in [5.74, 6) is -1.36. The van der Waals surface area contributed by atoms with Crippen molar-refractivity contribution in [2.45, 2.75) is 107 Å². The summed E-state index contributed by atoms with van der Waals surface area (Å²) in [7, 11) is -2.25. The molecule has 2 aromatic carbocycles. The predicted octanol–water partition coefficient (Wildman–Crippen LogP) is 4.95. The maximum atomic E-state index is 14.3. The number of piperazine rings is 1. The minimum Gasteiger partial charge on any atom is -0.453 e. The lowest BCUT2D eigenvalue weighted by molar-refractivity contribution is -0.120. The van der Waals surface area contributed by atoms with E-state index in [2.05, 4.69) is 16.0 Å². The van der Waals surface area contributed by atoms with Gasteiger partial charge in [0.25, 0.3) is 0 Å². The summed E-state index contributed by atoms with van der Waals surface area (Å²) in [6, 6.07) is 12.4. The average molecular weight is 673 g/mol. The summed E-state index contributed by atoms with van der Waals surface area (Å²) in [5, 5.41) is 9.41. The smallest absolute Gasteiger partial charge is 0.407 e. The number of carbonyl (C=O) groups excluding carboxylic acids is 2. The number of methoxy groups -OCH3 is 1. The molecule has 8 atom stereocenters. The number of anilines is 1. The number of alkyl carbamates (subject to hydrolysis) is 1. The third-order valence-electron chi connectivity index (χ3n) is 10.2. The molecule has 0 spiro atoms. The number of ether oxygens (including phenoxy) is 2. The zero-order valence-electron chi connectivity index (χ0n) is 28.0. The molecule has 3 heterocycles. The molecular formula is C35H49FN4O6S. The second-order valence-corrected chi connectivity index (χ2v) is 16.5. The molecule has 0 aromatic heterocycles. The monoisotopic (exact) mass is 672 g/mol. The number of hydrogen-bond donors (Lipinski definition) is 3. The van der Waals surface area contributed by atoms with Gasteiger partial charge in [0, 0.05) is 36.8 Å². The highest BCUT2D eigenvalue weighted by atomic mass is 32.2. The van der Waals surface area contributed by atoms with E-state index in [1.807, 2.05) is 52.0 Å². The van der Waals surface area contributed by atoms with Gasteiger partial charge in [-0.15, -0.1) is 0 Å². The molecule has 0 saturated carbocycles. The molecule has 3 aliphatic rings. The molecule has 10 nitrogen and oxygen atoms in total. The molecule has 5 rings (SSSR count). The largest absolute Gasteiger partial charge is 0.453 e. The Balaban J connectivity index is 1.40. The van der Waals surface area contributed by atoms with Gasteiger partial charge in [-0.2, -0.15) is 4.31 Å².